The highest BCUT2D eigenvalue weighted by Crippen LogP contribution is 2.33. The first kappa shape index (κ1) is 23.0. The molecule has 0 saturated carbocycles. The number of nitrogens with zero attached hydrogens (tertiary/aromatic N) is 2. The summed E-state index contributed by atoms with van der Waals surface area (Å²) in [6.07, 6.45) is -0.124. The molecule has 2 aromatic carbocycles. The SMILES string of the molecule is Cc1cc2nc(SOC(=O)CCC(=O)OSc3nc4cc(C)c(C)cc4s3)sc2cc1C. The Morgan fingerprint density at radius 3 is 1.50 bits per heavy atom. The molecule has 0 spiro atoms. The molecule has 4 aromatic rings. The van der Waals surface area contributed by atoms with E-state index in [1.165, 1.54) is 44.9 Å². The third-order valence-corrected chi connectivity index (χ3v) is 8.45. The molecule has 0 amide bonds. The smallest absolute Gasteiger partial charge is 0.318 e. The normalized spacial score (nSPS) is 11.2. The summed E-state index contributed by atoms with van der Waals surface area (Å²) in [4.78, 5) is 33.0. The van der Waals surface area contributed by atoms with Gasteiger partial charge in [0.2, 0.25) is 0 Å². The van der Waals surface area contributed by atoms with Crippen molar-refractivity contribution in [3.63, 3.8) is 0 Å². The van der Waals surface area contributed by atoms with Gasteiger partial charge in [0.1, 0.15) is 24.1 Å². The van der Waals surface area contributed by atoms with E-state index in [-0.39, 0.29) is 12.8 Å². The van der Waals surface area contributed by atoms with Crippen molar-refractivity contribution in [2.45, 2.75) is 49.2 Å². The topological polar surface area (TPSA) is 78.4 Å². The van der Waals surface area contributed by atoms with E-state index in [1.807, 2.05) is 26.0 Å². The molecule has 0 saturated heterocycles. The molecular weight excluding hydrogens is 485 g/mol. The molecule has 32 heavy (non-hydrogen) atoms. The fraction of sp³-hybridized carbons (Fsp3) is 0.273. The number of fused-ring (bicyclic) bond motifs is 2. The van der Waals surface area contributed by atoms with Crippen molar-refractivity contribution in [2.24, 2.45) is 0 Å². The van der Waals surface area contributed by atoms with Gasteiger partial charge in [0.25, 0.3) is 0 Å². The number of aromatic nitrogens is 2. The van der Waals surface area contributed by atoms with Crippen LogP contribution in [0.25, 0.3) is 20.4 Å². The van der Waals surface area contributed by atoms with Crippen molar-refractivity contribution in [2.75, 3.05) is 0 Å². The summed E-state index contributed by atoms with van der Waals surface area (Å²) in [6.45, 7) is 8.18. The monoisotopic (exact) mass is 504 g/mol. The number of rotatable bonds is 7. The fourth-order valence-corrected chi connectivity index (χ4v) is 6.18. The van der Waals surface area contributed by atoms with Gasteiger partial charge in [-0.25, -0.2) is 9.97 Å². The molecule has 0 aliphatic rings. The second-order valence-electron chi connectivity index (χ2n) is 7.35. The van der Waals surface area contributed by atoms with Crippen LogP contribution in [-0.2, 0) is 18.0 Å². The summed E-state index contributed by atoms with van der Waals surface area (Å²) in [7, 11) is 0. The lowest BCUT2D eigenvalue weighted by Crippen LogP contribution is -2.05. The van der Waals surface area contributed by atoms with E-state index in [9.17, 15) is 9.59 Å². The average Bonchev–Trinajstić information content (AvgIpc) is 3.32. The van der Waals surface area contributed by atoms with Gasteiger partial charge in [-0.15, -0.1) is 22.7 Å². The standard InChI is InChI=1S/C22H20N2O4S4/c1-11-7-15-17(9-13(11)3)29-21(23-15)31-27-19(25)5-6-20(26)28-32-22-24-16-8-12(2)14(4)10-18(16)30-22/h7-10H,5-6H2,1-4H3. The Morgan fingerprint density at radius 2 is 1.09 bits per heavy atom. The predicted molar refractivity (Wildman–Crippen MR) is 131 cm³/mol. The van der Waals surface area contributed by atoms with Crippen LogP contribution in [0.3, 0.4) is 0 Å². The first-order valence-electron chi connectivity index (χ1n) is 9.79. The Kier molecular flexibility index (Phi) is 7.04. The van der Waals surface area contributed by atoms with Crippen molar-refractivity contribution >= 4 is 79.1 Å². The van der Waals surface area contributed by atoms with Crippen molar-refractivity contribution in [3.05, 3.63) is 46.5 Å². The summed E-state index contributed by atoms with van der Waals surface area (Å²) in [5.74, 6) is -0.982. The van der Waals surface area contributed by atoms with Gasteiger partial charge < -0.3 is 8.37 Å². The zero-order chi connectivity index (χ0) is 22.8. The Balaban J connectivity index is 1.23. The molecule has 0 unspecified atom stereocenters. The summed E-state index contributed by atoms with van der Waals surface area (Å²) in [5.41, 5.74) is 6.51. The van der Waals surface area contributed by atoms with Crippen LogP contribution in [0, 0.1) is 27.7 Å². The van der Waals surface area contributed by atoms with Gasteiger partial charge in [-0.1, -0.05) is 0 Å². The number of aryl methyl sites for hydroxylation is 4. The lowest BCUT2D eigenvalue weighted by Gasteiger charge is -2.01. The average molecular weight is 505 g/mol. The number of hydrogen-bond donors (Lipinski definition) is 0. The largest absolute Gasteiger partial charge is 0.383 e. The highest BCUT2D eigenvalue weighted by molar-refractivity contribution is 7.97. The second-order valence-corrected chi connectivity index (χ2v) is 11.4. The Hall–Kier alpha value is -2.14. The molecule has 0 atom stereocenters. The number of thiazole rings is 2. The third-order valence-electron chi connectivity index (χ3n) is 4.91. The Labute approximate surface area is 202 Å². The molecule has 0 N–H and O–H groups in total. The lowest BCUT2D eigenvalue weighted by molar-refractivity contribution is -0.139. The Morgan fingerprint density at radius 1 is 0.719 bits per heavy atom. The van der Waals surface area contributed by atoms with Crippen molar-refractivity contribution in [1.29, 1.82) is 0 Å². The molecule has 0 bridgehead atoms. The maximum atomic E-state index is 12.0. The van der Waals surface area contributed by atoms with Crippen LogP contribution in [0.4, 0.5) is 0 Å². The predicted octanol–water partition coefficient (Wildman–Crippen LogP) is 6.72. The minimum absolute atomic E-state index is 0.0618. The van der Waals surface area contributed by atoms with E-state index < -0.39 is 11.9 Å². The minimum Gasteiger partial charge on any atom is -0.383 e. The Bertz CT molecular complexity index is 1150. The number of hydrogen-bond acceptors (Lipinski definition) is 10. The van der Waals surface area contributed by atoms with E-state index >= 15 is 0 Å². The molecule has 2 heterocycles. The van der Waals surface area contributed by atoms with Gasteiger partial charge in [-0.3, -0.25) is 9.59 Å². The minimum atomic E-state index is -0.491. The highest BCUT2D eigenvalue weighted by Gasteiger charge is 2.15. The first-order valence-corrected chi connectivity index (χ1v) is 12.9. The van der Waals surface area contributed by atoms with Crippen LogP contribution in [0.2, 0.25) is 0 Å². The third kappa shape index (κ3) is 5.43. The van der Waals surface area contributed by atoms with Crippen molar-refractivity contribution < 1.29 is 18.0 Å². The maximum Gasteiger partial charge on any atom is 0.318 e. The molecule has 6 nitrogen and oxygen atoms in total. The van der Waals surface area contributed by atoms with E-state index in [0.29, 0.717) is 8.68 Å². The molecule has 10 heteroatoms. The zero-order valence-electron chi connectivity index (χ0n) is 17.9. The number of benzene rings is 2. The molecular formula is C22H20N2O4S4. The zero-order valence-corrected chi connectivity index (χ0v) is 21.2. The van der Waals surface area contributed by atoms with Crippen molar-refractivity contribution in [1.82, 2.24) is 9.97 Å². The van der Waals surface area contributed by atoms with Crippen LogP contribution in [0.1, 0.15) is 35.1 Å². The van der Waals surface area contributed by atoms with Gasteiger partial charge in [-0.2, -0.15) is 0 Å². The highest BCUT2D eigenvalue weighted by atomic mass is 32.2. The van der Waals surface area contributed by atoms with Gasteiger partial charge in [0.05, 0.1) is 33.3 Å². The lowest BCUT2D eigenvalue weighted by atomic mass is 10.1. The fourth-order valence-electron chi connectivity index (χ4n) is 2.84. The molecule has 4 rings (SSSR count). The molecule has 0 fully saturated rings. The molecule has 0 aliphatic carbocycles. The van der Waals surface area contributed by atoms with Crippen LogP contribution >= 0.6 is 46.8 Å². The van der Waals surface area contributed by atoms with E-state index in [0.717, 1.165) is 44.5 Å². The number of carbonyl (C=O) groups is 2. The first-order chi connectivity index (χ1) is 15.3. The van der Waals surface area contributed by atoms with E-state index in [1.54, 1.807) is 0 Å². The van der Waals surface area contributed by atoms with Crippen LogP contribution in [0.15, 0.2) is 32.9 Å². The van der Waals surface area contributed by atoms with Gasteiger partial charge in [0.15, 0.2) is 8.68 Å². The number of carbonyl (C=O) groups excluding carboxylic acids is 2. The van der Waals surface area contributed by atoms with E-state index in [2.05, 4.69) is 35.9 Å². The van der Waals surface area contributed by atoms with Gasteiger partial charge in [0, 0.05) is 0 Å². The maximum absolute atomic E-state index is 12.0. The van der Waals surface area contributed by atoms with Crippen LogP contribution < -0.4 is 0 Å². The van der Waals surface area contributed by atoms with E-state index in [4.69, 9.17) is 8.37 Å². The molecule has 166 valence electrons. The summed E-state index contributed by atoms with van der Waals surface area (Å²) in [6, 6.07) is 8.20. The summed E-state index contributed by atoms with van der Waals surface area (Å²) in [5, 5.41) is 0. The summed E-state index contributed by atoms with van der Waals surface area (Å²) < 4.78 is 13.8. The van der Waals surface area contributed by atoms with Crippen molar-refractivity contribution in [3.8, 4) is 0 Å². The van der Waals surface area contributed by atoms with Gasteiger partial charge >= 0.3 is 11.9 Å². The van der Waals surface area contributed by atoms with Crippen LogP contribution in [-0.4, -0.2) is 21.9 Å². The molecule has 0 radical (unpaired) electrons. The summed E-state index contributed by atoms with van der Waals surface area (Å²) >= 11 is 4.79. The molecule has 0 aliphatic heterocycles. The quantitative estimate of drug-likeness (QED) is 0.257. The van der Waals surface area contributed by atoms with Crippen LogP contribution in [0.5, 0.6) is 0 Å². The van der Waals surface area contributed by atoms with Gasteiger partial charge in [-0.05, 0) is 74.2 Å². The second kappa shape index (κ2) is 9.78. The molecule has 2 aromatic heterocycles.